The first-order chi connectivity index (χ1) is 13.6. The molecule has 0 fully saturated rings. The first-order valence-corrected chi connectivity index (χ1v) is 8.93. The molecular weight excluding hydrogens is 354 g/mol. The minimum absolute atomic E-state index is 0.257. The summed E-state index contributed by atoms with van der Waals surface area (Å²) in [4.78, 5) is 21.9. The summed E-state index contributed by atoms with van der Waals surface area (Å²) in [7, 11) is 3.53. The molecule has 142 valence electrons. The third-order valence-corrected chi connectivity index (χ3v) is 4.77. The lowest BCUT2D eigenvalue weighted by atomic mass is 10.1. The zero-order chi connectivity index (χ0) is 19.7. The van der Waals surface area contributed by atoms with Gasteiger partial charge in [-0.1, -0.05) is 18.2 Å². The summed E-state index contributed by atoms with van der Waals surface area (Å²) in [6.45, 7) is 1.98. The number of hydrogen-bond donors (Lipinski definition) is 1. The number of carbonyl (C=O) groups excluding carboxylic acids is 1. The van der Waals surface area contributed by atoms with Crippen molar-refractivity contribution in [2.24, 2.45) is 7.05 Å². The van der Waals surface area contributed by atoms with E-state index in [9.17, 15) is 4.79 Å². The van der Waals surface area contributed by atoms with Crippen molar-refractivity contribution in [3.63, 3.8) is 0 Å². The molecule has 1 amide bonds. The molecule has 0 aliphatic heterocycles. The molecule has 7 heteroatoms. The number of aromatic nitrogens is 4. The minimum atomic E-state index is -0.413. The third kappa shape index (κ3) is 3.22. The van der Waals surface area contributed by atoms with Crippen molar-refractivity contribution in [2.45, 2.75) is 13.0 Å². The molecule has 0 radical (unpaired) electrons. The summed E-state index contributed by atoms with van der Waals surface area (Å²) in [5, 5.41) is 3.07. The fourth-order valence-electron chi connectivity index (χ4n) is 3.21. The molecule has 3 aromatic heterocycles. The van der Waals surface area contributed by atoms with Crippen LogP contribution in [0.4, 0.5) is 0 Å². The maximum absolute atomic E-state index is 13.0. The van der Waals surface area contributed by atoms with Crippen molar-refractivity contribution in [3.05, 3.63) is 83.8 Å². The average molecular weight is 375 g/mol. The lowest BCUT2D eigenvalue weighted by Crippen LogP contribution is -2.31. The van der Waals surface area contributed by atoms with Crippen LogP contribution in [-0.4, -0.2) is 32.0 Å². The van der Waals surface area contributed by atoms with Gasteiger partial charge in [-0.25, -0.2) is 9.97 Å². The summed E-state index contributed by atoms with van der Waals surface area (Å²) >= 11 is 0. The summed E-state index contributed by atoms with van der Waals surface area (Å²) in [6, 6.07) is 12.9. The highest BCUT2D eigenvalue weighted by Gasteiger charge is 2.23. The molecule has 7 nitrogen and oxygen atoms in total. The Morgan fingerprint density at radius 3 is 2.61 bits per heavy atom. The van der Waals surface area contributed by atoms with Gasteiger partial charge >= 0.3 is 0 Å². The first kappa shape index (κ1) is 17.8. The number of rotatable bonds is 5. The largest absolute Gasteiger partial charge is 0.497 e. The van der Waals surface area contributed by atoms with Gasteiger partial charge in [0.1, 0.15) is 29.0 Å². The van der Waals surface area contributed by atoms with E-state index in [1.165, 1.54) is 0 Å². The molecule has 0 saturated heterocycles. The maximum atomic E-state index is 13.0. The van der Waals surface area contributed by atoms with Crippen LogP contribution in [0.3, 0.4) is 0 Å². The Bertz CT molecular complexity index is 1130. The topological polar surface area (TPSA) is 73.4 Å². The van der Waals surface area contributed by atoms with E-state index in [-0.39, 0.29) is 5.91 Å². The smallest absolute Gasteiger partial charge is 0.272 e. The van der Waals surface area contributed by atoms with Gasteiger partial charge in [-0.3, -0.25) is 4.79 Å². The van der Waals surface area contributed by atoms with Crippen molar-refractivity contribution in [2.75, 3.05) is 7.11 Å². The number of amides is 1. The van der Waals surface area contributed by atoms with Gasteiger partial charge in [-0.05, 0) is 36.8 Å². The Labute approximate surface area is 162 Å². The number of imidazole rings is 2. The molecule has 0 aliphatic carbocycles. The Balaban J connectivity index is 1.69. The molecule has 3 heterocycles. The fourth-order valence-corrected chi connectivity index (χ4v) is 3.21. The van der Waals surface area contributed by atoms with Gasteiger partial charge in [0.15, 0.2) is 0 Å². The fraction of sp³-hybridized carbons (Fsp3) is 0.190. The van der Waals surface area contributed by atoms with Gasteiger partial charge < -0.3 is 19.0 Å². The van der Waals surface area contributed by atoms with Crippen LogP contribution >= 0.6 is 0 Å². The van der Waals surface area contributed by atoms with Gasteiger partial charge in [0, 0.05) is 31.3 Å². The predicted octanol–water partition coefficient (Wildman–Crippen LogP) is 2.90. The molecule has 0 spiro atoms. The van der Waals surface area contributed by atoms with E-state index in [0.717, 1.165) is 28.5 Å². The molecule has 1 atom stereocenters. The molecular formula is C21H21N5O2. The number of aryl methyl sites for hydroxylation is 2. The van der Waals surface area contributed by atoms with Crippen LogP contribution in [0.2, 0.25) is 0 Å². The number of carbonyl (C=O) groups is 1. The standard InChI is InChI=1S/C21H21N5O2/c1-14-5-4-6-18-23-17(13-26(14)18)21(27)24-19(20-22-11-12-25(20)2)15-7-9-16(28-3)10-8-15/h4-13,19H,1-3H3,(H,24,27). The summed E-state index contributed by atoms with van der Waals surface area (Å²) in [5.74, 6) is 1.23. The number of pyridine rings is 1. The van der Waals surface area contributed by atoms with Gasteiger partial charge in [0.2, 0.25) is 0 Å². The first-order valence-electron chi connectivity index (χ1n) is 8.93. The van der Waals surface area contributed by atoms with E-state index in [2.05, 4.69) is 15.3 Å². The molecule has 0 bridgehead atoms. The number of nitrogens with one attached hydrogen (secondary N) is 1. The second kappa shape index (κ2) is 7.19. The highest BCUT2D eigenvalue weighted by molar-refractivity contribution is 5.93. The number of nitrogens with zero attached hydrogens (tertiary/aromatic N) is 4. The molecule has 4 rings (SSSR count). The molecule has 0 aliphatic rings. The number of fused-ring (bicyclic) bond motifs is 1. The van der Waals surface area contributed by atoms with Crippen molar-refractivity contribution >= 4 is 11.6 Å². The van der Waals surface area contributed by atoms with Crippen LogP contribution in [0.5, 0.6) is 5.75 Å². The van der Waals surface area contributed by atoms with Crippen molar-refractivity contribution in [3.8, 4) is 5.75 Å². The van der Waals surface area contributed by atoms with Gasteiger partial charge in [0.25, 0.3) is 5.91 Å². The SMILES string of the molecule is COc1ccc(C(NC(=O)c2cn3c(C)cccc3n2)c2nccn2C)cc1. The lowest BCUT2D eigenvalue weighted by Gasteiger charge is -2.19. The number of ether oxygens (including phenoxy) is 1. The van der Waals surface area contributed by atoms with E-state index in [4.69, 9.17) is 4.74 Å². The van der Waals surface area contributed by atoms with Gasteiger partial charge in [-0.2, -0.15) is 0 Å². The van der Waals surface area contributed by atoms with E-state index < -0.39 is 6.04 Å². The monoisotopic (exact) mass is 375 g/mol. The van der Waals surface area contributed by atoms with E-state index >= 15 is 0 Å². The van der Waals surface area contributed by atoms with E-state index in [1.807, 2.05) is 71.6 Å². The van der Waals surface area contributed by atoms with Gasteiger partial charge in [-0.15, -0.1) is 0 Å². The van der Waals surface area contributed by atoms with Crippen LogP contribution < -0.4 is 10.1 Å². The third-order valence-electron chi connectivity index (χ3n) is 4.77. The highest BCUT2D eigenvalue weighted by atomic mass is 16.5. The zero-order valence-corrected chi connectivity index (χ0v) is 16.0. The van der Waals surface area contributed by atoms with Crippen LogP contribution in [0.1, 0.15) is 33.6 Å². The van der Waals surface area contributed by atoms with Crippen LogP contribution in [0.25, 0.3) is 5.65 Å². The Kier molecular flexibility index (Phi) is 4.57. The second-order valence-electron chi connectivity index (χ2n) is 6.60. The Morgan fingerprint density at radius 1 is 1.18 bits per heavy atom. The Hall–Kier alpha value is -3.61. The zero-order valence-electron chi connectivity index (χ0n) is 16.0. The molecule has 1 unspecified atom stereocenters. The van der Waals surface area contributed by atoms with Crippen molar-refractivity contribution in [1.29, 1.82) is 0 Å². The lowest BCUT2D eigenvalue weighted by molar-refractivity contribution is 0.0936. The van der Waals surface area contributed by atoms with Crippen molar-refractivity contribution < 1.29 is 9.53 Å². The molecule has 4 aromatic rings. The second-order valence-corrected chi connectivity index (χ2v) is 6.60. The number of hydrogen-bond acceptors (Lipinski definition) is 4. The molecule has 0 saturated carbocycles. The molecule has 28 heavy (non-hydrogen) atoms. The van der Waals surface area contributed by atoms with Gasteiger partial charge in [0.05, 0.1) is 7.11 Å². The number of methoxy groups -OCH3 is 1. The van der Waals surface area contributed by atoms with E-state index in [1.54, 1.807) is 19.5 Å². The quantitative estimate of drug-likeness (QED) is 0.582. The average Bonchev–Trinajstić information content (AvgIpc) is 3.33. The maximum Gasteiger partial charge on any atom is 0.272 e. The van der Waals surface area contributed by atoms with Crippen LogP contribution in [-0.2, 0) is 7.05 Å². The predicted molar refractivity (Wildman–Crippen MR) is 105 cm³/mol. The highest BCUT2D eigenvalue weighted by Crippen LogP contribution is 2.23. The van der Waals surface area contributed by atoms with Crippen molar-refractivity contribution in [1.82, 2.24) is 24.3 Å². The summed E-state index contributed by atoms with van der Waals surface area (Å²) < 4.78 is 9.03. The molecule has 1 N–H and O–H groups in total. The Morgan fingerprint density at radius 2 is 1.96 bits per heavy atom. The van der Waals surface area contributed by atoms with Crippen LogP contribution in [0, 0.1) is 6.92 Å². The molecule has 1 aromatic carbocycles. The minimum Gasteiger partial charge on any atom is -0.497 e. The van der Waals surface area contributed by atoms with E-state index in [0.29, 0.717) is 5.69 Å². The van der Waals surface area contributed by atoms with Crippen LogP contribution in [0.15, 0.2) is 61.1 Å². The number of benzene rings is 1. The normalized spacial score (nSPS) is 12.1. The summed E-state index contributed by atoms with van der Waals surface area (Å²) in [5.41, 5.74) is 3.02. The summed E-state index contributed by atoms with van der Waals surface area (Å²) in [6.07, 6.45) is 5.32.